The molecule has 8 N–H and O–H groups in total. The van der Waals surface area contributed by atoms with Crippen LogP contribution in [0.1, 0.15) is 41.7 Å². The number of fused-ring (bicyclic) bond motifs is 1. The van der Waals surface area contributed by atoms with Crippen LogP contribution in [-0.2, 0) is 25.7 Å². The number of hydrogen-bond donors (Lipinski definition) is 7. The number of benzene rings is 1. The molecule has 0 spiro atoms. The van der Waals surface area contributed by atoms with Gasteiger partial charge in [0.05, 0.1) is 18.4 Å². The molecule has 0 bridgehead atoms. The first-order chi connectivity index (χ1) is 19.8. The van der Waals surface area contributed by atoms with Gasteiger partial charge in [0.2, 0.25) is 11.9 Å². The number of rotatable bonds is 14. The fraction of sp³-hybridized carbons (Fsp3) is 0.320. The topological polar surface area (TPSA) is 271 Å². The molecule has 0 aliphatic rings. The molecule has 17 heteroatoms. The molecule has 0 unspecified atom stereocenters. The van der Waals surface area contributed by atoms with Gasteiger partial charge in [-0.2, -0.15) is 4.98 Å². The third-order valence-electron chi connectivity index (χ3n) is 6.08. The second-order valence-electron chi connectivity index (χ2n) is 9.11. The number of aliphatic carboxylic acids is 3. The molecule has 0 aliphatic heterocycles. The third kappa shape index (κ3) is 8.20. The minimum absolute atomic E-state index is 0.0190. The lowest BCUT2D eigenvalue weighted by molar-refractivity contribution is -0.144. The van der Waals surface area contributed by atoms with E-state index in [4.69, 9.17) is 15.9 Å². The summed E-state index contributed by atoms with van der Waals surface area (Å²) >= 11 is 0. The Morgan fingerprint density at radius 2 is 1.64 bits per heavy atom. The average molecular weight is 585 g/mol. The molecular weight excluding hydrogens is 556 g/mol. The Bertz CT molecular complexity index is 1560. The highest BCUT2D eigenvalue weighted by Crippen LogP contribution is 2.16. The number of nitrogens with zero attached hydrogens (tertiary/aromatic N) is 4. The first-order valence-electron chi connectivity index (χ1n) is 12.4. The standard InChI is InChI=1S/C25H28N8O9/c1-33(16(7-9-18(36)37)21(38)30-15(24(41)42)6-8-17(34)35)23(40)12-2-4-13(5-3-12)27-10-14-11-28-20-19(29-14)22(39)32-25(26)31-20/h2-5,11,15-16,27H,6-10H2,1H3,(H,30,38)(H,34,35)(H,36,37)(H,41,42)(H3,26,28,31,32,39)/t15-,16-/m0/s1. The van der Waals surface area contributed by atoms with Gasteiger partial charge in [-0.3, -0.25) is 29.0 Å². The van der Waals surface area contributed by atoms with Crippen LogP contribution < -0.4 is 21.9 Å². The molecule has 222 valence electrons. The summed E-state index contributed by atoms with van der Waals surface area (Å²) in [6.45, 7) is 0.171. The summed E-state index contributed by atoms with van der Waals surface area (Å²) in [6.07, 6.45) is -0.303. The van der Waals surface area contributed by atoms with E-state index in [1.807, 2.05) is 0 Å². The highest BCUT2D eigenvalue weighted by Gasteiger charge is 2.31. The number of aromatic nitrogens is 4. The molecule has 2 aromatic heterocycles. The van der Waals surface area contributed by atoms with Gasteiger partial charge < -0.3 is 36.6 Å². The zero-order chi connectivity index (χ0) is 31.0. The van der Waals surface area contributed by atoms with E-state index in [1.165, 1.54) is 25.4 Å². The molecule has 2 atom stereocenters. The lowest BCUT2D eigenvalue weighted by atomic mass is 10.1. The Kier molecular flexibility index (Phi) is 10.0. The number of nitrogens with one attached hydrogen (secondary N) is 3. The summed E-state index contributed by atoms with van der Waals surface area (Å²) in [4.78, 5) is 87.2. The van der Waals surface area contributed by atoms with Crippen molar-refractivity contribution in [2.75, 3.05) is 18.1 Å². The van der Waals surface area contributed by atoms with Crippen LogP contribution in [0.15, 0.2) is 35.3 Å². The normalized spacial score (nSPS) is 12.2. The van der Waals surface area contributed by atoms with Crippen LogP contribution in [0.4, 0.5) is 11.6 Å². The van der Waals surface area contributed by atoms with E-state index in [9.17, 15) is 33.9 Å². The molecule has 0 aliphatic carbocycles. The molecule has 0 saturated carbocycles. The largest absolute Gasteiger partial charge is 0.481 e. The summed E-state index contributed by atoms with van der Waals surface area (Å²) in [5.74, 6) is -5.62. The molecular formula is C25H28N8O9. The summed E-state index contributed by atoms with van der Waals surface area (Å²) in [6, 6.07) is 3.17. The van der Waals surface area contributed by atoms with Crippen LogP contribution in [-0.4, -0.2) is 89.0 Å². The number of likely N-dealkylation sites (N-methyl/N-ethyl adjacent to an activating group) is 1. The number of H-pyrrole nitrogens is 1. The maximum Gasteiger partial charge on any atom is 0.326 e. The van der Waals surface area contributed by atoms with Crippen LogP contribution in [0.3, 0.4) is 0 Å². The molecule has 3 rings (SSSR count). The van der Waals surface area contributed by atoms with Gasteiger partial charge in [0.15, 0.2) is 11.2 Å². The number of anilines is 2. The van der Waals surface area contributed by atoms with Crippen LogP contribution in [0, 0.1) is 0 Å². The van der Waals surface area contributed by atoms with Crippen molar-refractivity contribution in [3.8, 4) is 0 Å². The summed E-state index contributed by atoms with van der Waals surface area (Å²) in [5, 5.41) is 32.6. The van der Waals surface area contributed by atoms with Gasteiger partial charge in [-0.05, 0) is 37.1 Å². The zero-order valence-electron chi connectivity index (χ0n) is 22.2. The molecule has 2 amide bonds. The third-order valence-corrected chi connectivity index (χ3v) is 6.08. The van der Waals surface area contributed by atoms with Crippen molar-refractivity contribution >= 4 is 52.5 Å². The second kappa shape index (κ2) is 13.6. The monoisotopic (exact) mass is 584 g/mol. The van der Waals surface area contributed by atoms with Crippen molar-refractivity contribution in [1.82, 2.24) is 30.2 Å². The minimum atomic E-state index is -1.55. The van der Waals surface area contributed by atoms with Crippen molar-refractivity contribution in [2.24, 2.45) is 0 Å². The van der Waals surface area contributed by atoms with Crippen molar-refractivity contribution in [3.63, 3.8) is 0 Å². The predicted molar refractivity (Wildman–Crippen MR) is 145 cm³/mol. The van der Waals surface area contributed by atoms with E-state index >= 15 is 0 Å². The van der Waals surface area contributed by atoms with Crippen LogP contribution in [0.5, 0.6) is 0 Å². The number of carboxylic acids is 3. The van der Waals surface area contributed by atoms with E-state index in [2.05, 4.69) is 30.6 Å². The summed E-state index contributed by atoms with van der Waals surface area (Å²) in [5.41, 5.74) is 6.23. The molecule has 3 aromatic rings. The van der Waals surface area contributed by atoms with Gasteiger partial charge >= 0.3 is 17.9 Å². The second-order valence-corrected chi connectivity index (χ2v) is 9.11. The molecule has 2 heterocycles. The van der Waals surface area contributed by atoms with Gasteiger partial charge in [0, 0.05) is 31.1 Å². The van der Waals surface area contributed by atoms with Crippen molar-refractivity contribution in [2.45, 2.75) is 44.3 Å². The first-order valence-corrected chi connectivity index (χ1v) is 12.4. The number of nitrogen functional groups attached to an aromatic ring is 1. The maximum absolute atomic E-state index is 13.2. The van der Waals surface area contributed by atoms with Crippen molar-refractivity contribution in [3.05, 3.63) is 52.1 Å². The molecule has 42 heavy (non-hydrogen) atoms. The van der Waals surface area contributed by atoms with Crippen molar-refractivity contribution in [1.29, 1.82) is 0 Å². The highest BCUT2D eigenvalue weighted by atomic mass is 16.4. The van der Waals surface area contributed by atoms with Crippen molar-refractivity contribution < 1.29 is 39.3 Å². The van der Waals surface area contributed by atoms with E-state index in [0.29, 0.717) is 11.4 Å². The SMILES string of the molecule is CN(C(=O)c1ccc(NCc2cnc3nc(N)[nH]c(=O)c3n2)cc1)[C@@H](CCC(=O)O)C(=O)N[C@@H](CCC(=O)O)C(=O)O. The Morgan fingerprint density at radius 1 is 1.00 bits per heavy atom. The number of amides is 2. The number of nitrogens with two attached hydrogens (primary N) is 1. The smallest absolute Gasteiger partial charge is 0.326 e. The van der Waals surface area contributed by atoms with E-state index in [0.717, 1.165) is 4.90 Å². The van der Waals surface area contributed by atoms with Gasteiger partial charge in [-0.1, -0.05) is 0 Å². The fourth-order valence-corrected chi connectivity index (χ4v) is 3.88. The van der Waals surface area contributed by atoms with Crippen LogP contribution in [0.2, 0.25) is 0 Å². The number of carbonyl (C=O) groups is 5. The van der Waals surface area contributed by atoms with E-state index in [1.54, 1.807) is 12.1 Å². The average Bonchev–Trinajstić information content (AvgIpc) is 2.93. The number of hydrogen-bond acceptors (Lipinski definition) is 11. The quantitative estimate of drug-likeness (QED) is 0.128. The number of aromatic amines is 1. The minimum Gasteiger partial charge on any atom is -0.481 e. The van der Waals surface area contributed by atoms with Gasteiger partial charge in [-0.15, -0.1) is 0 Å². The maximum atomic E-state index is 13.2. The lowest BCUT2D eigenvalue weighted by Gasteiger charge is -2.28. The van der Waals surface area contributed by atoms with E-state index < -0.39 is 66.6 Å². The molecule has 1 aromatic carbocycles. The Labute approximate surface area is 236 Å². The van der Waals surface area contributed by atoms with Gasteiger partial charge in [0.25, 0.3) is 11.5 Å². The zero-order valence-corrected chi connectivity index (χ0v) is 22.2. The molecule has 0 fully saturated rings. The highest BCUT2D eigenvalue weighted by molar-refractivity contribution is 5.98. The van der Waals surface area contributed by atoms with Gasteiger partial charge in [0.1, 0.15) is 12.1 Å². The number of carboxylic acid groups (broad SMARTS) is 3. The first kappa shape index (κ1) is 30.9. The predicted octanol–water partition coefficient (Wildman–Crippen LogP) is -0.353. The summed E-state index contributed by atoms with van der Waals surface area (Å²) in [7, 11) is 1.27. The van der Waals surface area contributed by atoms with Crippen LogP contribution >= 0.6 is 0 Å². The Balaban J connectivity index is 1.70. The number of carbonyl (C=O) groups excluding carboxylic acids is 2. The van der Waals surface area contributed by atoms with E-state index in [-0.39, 0.29) is 35.6 Å². The molecule has 0 saturated heterocycles. The fourth-order valence-electron chi connectivity index (χ4n) is 3.88. The summed E-state index contributed by atoms with van der Waals surface area (Å²) < 4.78 is 0. The van der Waals surface area contributed by atoms with Crippen LogP contribution in [0.25, 0.3) is 11.2 Å². The lowest BCUT2D eigenvalue weighted by Crippen LogP contribution is -2.52. The Morgan fingerprint density at radius 3 is 2.26 bits per heavy atom. The molecule has 0 radical (unpaired) electrons. The molecule has 17 nitrogen and oxygen atoms in total. The Hall–Kier alpha value is -5.61. The van der Waals surface area contributed by atoms with Gasteiger partial charge in [-0.25, -0.2) is 14.8 Å².